The summed E-state index contributed by atoms with van der Waals surface area (Å²) in [5.74, 6) is 1.28. The Bertz CT molecular complexity index is 425. The van der Waals surface area contributed by atoms with Gasteiger partial charge in [0, 0.05) is 19.0 Å². The maximum Gasteiger partial charge on any atom is 0.0142 e. The molecule has 94 valence electrons. The molecule has 0 amide bonds. The fraction of sp³-hybridized carbons (Fsp3) is 0.250. The van der Waals surface area contributed by atoms with Crippen LogP contribution in [0.4, 0.5) is 0 Å². The van der Waals surface area contributed by atoms with E-state index in [4.69, 9.17) is 0 Å². The van der Waals surface area contributed by atoms with E-state index in [0.717, 1.165) is 19.0 Å². The lowest BCUT2D eigenvalue weighted by Gasteiger charge is -2.35. The van der Waals surface area contributed by atoms with Crippen LogP contribution in [0.2, 0.25) is 0 Å². The van der Waals surface area contributed by atoms with Crippen LogP contribution in [0.5, 0.6) is 0 Å². The first-order valence-electron chi connectivity index (χ1n) is 6.26. The van der Waals surface area contributed by atoms with Gasteiger partial charge >= 0.3 is 0 Å². The zero-order valence-electron chi connectivity index (χ0n) is 10.3. The van der Waals surface area contributed by atoms with Crippen LogP contribution in [0.15, 0.2) is 60.7 Å². The van der Waals surface area contributed by atoms with Crippen molar-refractivity contribution in [3.8, 4) is 0 Å². The van der Waals surface area contributed by atoms with E-state index in [1.54, 1.807) is 0 Å². The van der Waals surface area contributed by atoms with Gasteiger partial charge in [0.25, 0.3) is 0 Å². The van der Waals surface area contributed by atoms with Crippen LogP contribution in [0.3, 0.4) is 0 Å². The molecule has 0 aliphatic carbocycles. The molecule has 1 heterocycles. The van der Waals surface area contributed by atoms with Gasteiger partial charge in [0.15, 0.2) is 0 Å². The van der Waals surface area contributed by atoms with Crippen LogP contribution in [0.25, 0.3) is 0 Å². The van der Waals surface area contributed by atoms with Crippen LogP contribution in [0.1, 0.15) is 17.0 Å². The van der Waals surface area contributed by atoms with Gasteiger partial charge in [-0.05, 0) is 17.0 Å². The summed E-state index contributed by atoms with van der Waals surface area (Å²) in [7, 11) is 0. The second-order valence-corrected chi connectivity index (χ2v) is 4.72. The van der Waals surface area contributed by atoms with Crippen LogP contribution in [-0.4, -0.2) is 13.1 Å². The SMILES string of the molecule is Cl.c1ccc(C(c2ccccc2)C2CNC2)cc1. The Morgan fingerprint density at radius 1 is 0.778 bits per heavy atom. The molecular weight excluding hydrogens is 242 g/mol. The molecule has 1 aliphatic heterocycles. The molecule has 0 aromatic heterocycles. The first-order chi connectivity index (χ1) is 8.45. The van der Waals surface area contributed by atoms with E-state index in [-0.39, 0.29) is 12.4 Å². The van der Waals surface area contributed by atoms with Gasteiger partial charge in [-0.2, -0.15) is 0 Å². The van der Waals surface area contributed by atoms with E-state index in [2.05, 4.69) is 66.0 Å². The van der Waals surface area contributed by atoms with Crippen molar-refractivity contribution in [3.05, 3.63) is 71.8 Å². The Kier molecular flexibility index (Phi) is 4.40. The van der Waals surface area contributed by atoms with Gasteiger partial charge < -0.3 is 5.32 Å². The van der Waals surface area contributed by atoms with Gasteiger partial charge in [0.2, 0.25) is 0 Å². The Morgan fingerprint density at radius 2 is 1.22 bits per heavy atom. The molecule has 1 aliphatic rings. The lowest BCUT2D eigenvalue weighted by atomic mass is 9.78. The molecule has 0 unspecified atom stereocenters. The Morgan fingerprint density at radius 3 is 1.56 bits per heavy atom. The van der Waals surface area contributed by atoms with Crippen molar-refractivity contribution in [2.24, 2.45) is 5.92 Å². The lowest BCUT2D eigenvalue weighted by Crippen LogP contribution is -2.45. The third-order valence-corrected chi connectivity index (χ3v) is 3.60. The summed E-state index contributed by atoms with van der Waals surface area (Å²) in [5.41, 5.74) is 2.87. The molecule has 0 spiro atoms. The highest BCUT2D eigenvalue weighted by atomic mass is 35.5. The highest BCUT2D eigenvalue weighted by Crippen LogP contribution is 2.33. The average molecular weight is 260 g/mol. The molecular formula is C16H18ClN. The third kappa shape index (κ3) is 2.58. The summed E-state index contributed by atoms with van der Waals surface area (Å²) in [6.45, 7) is 2.27. The molecule has 0 bridgehead atoms. The average Bonchev–Trinajstić information content (AvgIpc) is 2.36. The van der Waals surface area contributed by atoms with Crippen molar-refractivity contribution in [2.45, 2.75) is 5.92 Å². The van der Waals surface area contributed by atoms with Crippen molar-refractivity contribution in [2.75, 3.05) is 13.1 Å². The summed E-state index contributed by atoms with van der Waals surface area (Å²) in [6, 6.07) is 21.7. The number of hydrogen-bond acceptors (Lipinski definition) is 1. The topological polar surface area (TPSA) is 12.0 Å². The normalized spacial score (nSPS) is 14.9. The molecule has 1 saturated heterocycles. The van der Waals surface area contributed by atoms with E-state index in [0.29, 0.717) is 5.92 Å². The Labute approximate surface area is 115 Å². The molecule has 0 radical (unpaired) electrons. The largest absolute Gasteiger partial charge is 0.316 e. The van der Waals surface area contributed by atoms with Crippen molar-refractivity contribution in [1.29, 1.82) is 0 Å². The van der Waals surface area contributed by atoms with Crippen LogP contribution < -0.4 is 5.32 Å². The highest BCUT2D eigenvalue weighted by Gasteiger charge is 2.29. The van der Waals surface area contributed by atoms with Gasteiger partial charge in [-0.1, -0.05) is 60.7 Å². The molecule has 0 saturated carbocycles. The fourth-order valence-corrected chi connectivity index (χ4v) is 2.60. The molecule has 2 heteroatoms. The van der Waals surface area contributed by atoms with Gasteiger partial charge in [0.1, 0.15) is 0 Å². The number of hydrogen-bond donors (Lipinski definition) is 1. The molecule has 1 nitrogen and oxygen atoms in total. The Balaban J connectivity index is 0.00000120. The maximum atomic E-state index is 3.38. The van der Waals surface area contributed by atoms with Crippen LogP contribution in [-0.2, 0) is 0 Å². The summed E-state index contributed by atoms with van der Waals surface area (Å²) in [4.78, 5) is 0. The second-order valence-electron chi connectivity index (χ2n) is 4.72. The van der Waals surface area contributed by atoms with E-state index in [1.165, 1.54) is 11.1 Å². The van der Waals surface area contributed by atoms with Crippen molar-refractivity contribution in [3.63, 3.8) is 0 Å². The minimum Gasteiger partial charge on any atom is -0.316 e. The quantitative estimate of drug-likeness (QED) is 0.890. The van der Waals surface area contributed by atoms with Crippen LogP contribution >= 0.6 is 12.4 Å². The van der Waals surface area contributed by atoms with Crippen molar-refractivity contribution < 1.29 is 0 Å². The standard InChI is InChI=1S/C16H17N.ClH/c1-3-7-13(8-4-1)16(15-11-17-12-15)14-9-5-2-6-10-14;/h1-10,15-17H,11-12H2;1H. The first kappa shape index (κ1) is 13.1. The highest BCUT2D eigenvalue weighted by molar-refractivity contribution is 5.85. The van der Waals surface area contributed by atoms with Crippen LogP contribution in [0, 0.1) is 5.92 Å². The number of rotatable bonds is 3. The fourth-order valence-electron chi connectivity index (χ4n) is 2.60. The molecule has 1 fully saturated rings. The third-order valence-electron chi connectivity index (χ3n) is 3.60. The van der Waals surface area contributed by atoms with E-state index >= 15 is 0 Å². The Hall–Kier alpha value is -1.31. The van der Waals surface area contributed by atoms with Gasteiger partial charge in [-0.25, -0.2) is 0 Å². The second kappa shape index (κ2) is 6.03. The van der Waals surface area contributed by atoms with Crippen molar-refractivity contribution >= 4 is 12.4 Å². The van der Waals surface area contributed by atoms with Gasteiger partial charge in [0.05, 0.1) is 0 Å². The first-order valence-corrected chi connectivity index (χ1v) is 6.26. The monoisotopic (exact) mass is 259 g/mol. The lowest BCUT2D eigenvalue weighted by molar-refractivity contribution is 0.315. The molecule has 18 heavy (non-hydrogen) atoms. The predicted octanol–water partition coefficient (Wildman–Crippen LogP) is 3.46. The minimum atomic E-state index is 0. The zero-order valence-corrected chi connectivity index (χ0v) is 11.1. The number of halogens is 1. The molecule has 2 aromatic rings. The summed E-state index contributed by atoms with van der Waals surface area (Å²) < 4.78 is 0. The van der Waals surface area contributed by atoms with E-state index < -0.39 is 0 Å². The number of benzene rings is 2. The van der Waals surface area contributed by atoms with Gasteiger partial charge in [-0.15, -0.1) is 12.4 Å². The van der Waals surface area contributed by atoms with E-state index in [1.807, 2.05) is 0 Å². The minimum absolute atomic E-state index is 0. The smallest absolute Gasteiger partial charge is 0.0142 e. The van der Waals surface area contributed by atoms with Gasteiger partial charge in [-0.3, -0.25) is 0 Å². The molecule has 2 aromatic carbocycles. The molecule has 0 atom stereocenters. The molecule has 3 rings (SSSR count). The predicted molar refractivity (Wildman–Crippen MR) is 78.3 cm³/mol. The summed E-state index contributed by atoms with van der Waals surface area (Å²) in [6.07, 6.45) is 0. The molecule has 1 N–H and O–H groups in total. The summed E-state index contributed by atoms with van der Waals surface area (Å²) in [5, 5.41) is 3.38. The zero-order chi connectivity index (χ0) is 11.5. The summed E-state index contributed by atoms with van der Waals surface area (Å²) >= 11 is 0. The maximum absolute atomic E-state index is 3.38. The van der Waals surface area contributed by atoms with E-state index in [9.17, 15) is 0 Å². The van der Waals surface area contributed by atoms with Crippen molar-refractivity contribution in [1.82, 2.24) is 5.32 Å². The number of nitrogens with one attached hydrogen (secondary N) is 1.